The number of rotatable bonds is 3. The number of hydrogen-bond acceptors (Lipinski definition) is 2. The molecule has 2 rings (SSSR count). The van der Waals surface area contributed by atoms with Crippen molar-refractivity contribution in [3.05, 3.63) is 29.8 Å². The molecule has 1 fully saturated rings. The summed E-state index contributed by atoms with van der Waals surface area (Å²) >= 11 is 0. The number of likely N-dealkylation sites (tertiary alicyclic amines) is 1. The molecule has 1 heterocycles. The zero-order valence-electron chi connectivity index (χ0n) is 13.7. The van der Waals surface area contributed by atoms with Crippen molar-refractivity contribution in [3.8, 4) is 0 Å². The van der Waals surface area contributed by atoms with Gasteiger partial charge in [-0.1, -0.05) is 12.1 Å². The number of halogens is 3. The van der Waals surface area contributed by atoms with E-state index in [2.05, 4.69) is 5.32 Å². The summed E-state index contributed by atoms with van der Waals surface area (Å²) in [5.41, 5.74) is 0.256. The largest absolute Gasteiger partial charge is 0.390 e. The topological polar surface area (TPSA) is 52.6 Å². The lowest BCUT2D eigenvalue weighted by Crippen LogP contribution is -2.36. The summed E-state index contributed by atoms with van der Waals surface area (Å²) in [7, 11) is 0. The quantitative estimate of drug-likeness (QED) is 0.872. The minimum atomic E-state index is -4.19. The summed E-state index contributed by atoms with van der Waals surface area (Å²) in [6.07, 6.45) is -3.32. The summed E-state index contributed by atoms with van der Waals surface area (Å²) in [5.74, 6) is 0. The number of carbonyl (C=O) groups excluding carboxylic acids is 1. The van der Waals surface area contributed by atoms with Crippen molar-refractivity contribution in [2.24, 2.45) is 0 Å². The van der Waals surface area contributed by atoms with Crippen LogP contribution < -0.4 is 5.32 Å². The molecule has 1 saturated heterocycles. The van der Waals surface area contributed by atoms with Crippen molar-refractivity contribution in [2.75, 3.05) is 18.4 Å². The second-order valence-corrected chi connectivity index (χ2v) is 6.58. The van der Waals surface area contributed by atoms with Gasteiger partial charge in [-0.2, -0.15) is 13.2 Å². The van der Waals surface area contributed by atoms with E-state index >= 15 is 0 Å². The molecule has 0 bridgehead atoms. The normalized spacial score (nSPS) is 22.1. The fourth-order valence-electron chi connectivity index (χ4n) is 2.76. The number of aliphatic hydroxyl groups is 1. The van der Waals surface area contributed by atoms with E-state index in [4.69, 9.17) is 0 Å². The first-order chi connectivity index (χ1) is 11.1. The maximum Gasteiger partial charge on any atom is 0.389 e. The predicted molar refractivity (Wildman–Crippen MR) is 85.9 cm³/mol. The van der Waals surface area contributed by atoms with Crippen LogP contribution in [-0.2, 0) is 6.42 Å². The summed E-state index contributed by atoms with van der Waals surface area (Å²) in [4.78, 5) is 13.9. The number of alkyl halides is 3. The van der Waals surface area contributed by atoms with E-state index in [1.54, 1.807) is 36.1 Å². The molecule has 1 aliphatic rings. The molecular formula is C17H23F3N2O2. The first-order valence-corrected chi connectivity index (χ1v) is 8.09. The molecule has 1 aromatic rings. The highest BCUT2D eigenvalue weighted by Gasteiger charge is 2.28. The van der Waals surface area contributed by atoms with Gasteiger partial charge in [0.25, 0.3) is 0 Å². The van der Waals surface area contributed by atoms with Crippen LogP contribution in [0.5, 0.6) is 0 Å². The van der Waals surface area contributed by atoms with Crippen LogP contribution >= 0.6 is 0 Å². The van der Waals surface area contributed by atoms with Crippen LogP contribution in [0.3, 0.4) is 0 Å². The molecule has 0 saturated carbocycles. The van der Waals surface area contributed by atoms with Crippen LogP contribution in [0.4, 0.5) is 23.7 Å². The Morgan fingerprint density at radius 1 is 1.33 bits per heavy atom. The Kier molecular flexibility index (Phi) is 5.74. The van der Waals surface area contributed by atoms with E-state index in [1.165, 1.54) is 0 Å². The molecule has 1 unspecified atom stereocenters. The van der Waals surface area contributed by atoms with Crippen LogP contribution in [-0.4, -0.2) is 40.9 Å². The van der Waals surface area contributed by atoms with E-state index in [0.717, 1.165) is 0 Å². The number of nitrogens with one attached hydrogen (secondary N) is 1. The van der Waals surface area contributed by atoms with Crippen LogP contribution in [0.15, 0.2) is 24.3 Å². The summed E-state index contributed by atoms with van der Waals surface area (Å²) in [6, 6.07) is 6.18. The SMILES string of the molecule is CC1(O)CCCN(C(=O)Nc2cccc(CCC(F)(F)F)c2)CC1. The van der Waals surface area contributed by atoms with Crippen LogP contribution in [0.2, 0.25) is 0 Å². The van der Waals surface area contributed by atoms with Gasteiger partial charge in [-0.05, 0) is 50.3 Å². The van der Waals surface area contributed by atoms with Gasteiger partial charge in [0.1, 0.15) is 0 Å². The van der Waals surface area contributed by atoms with Crippen molar-refractivity contribution in [1.82, 2.24) is 4.90 Å². The maximum atomic E-state index is 12.3. The van der Waals surface area contributed by atoms with Gasteiger partial charge < -0.3 is 15.3 Å². The number of aryl methyl sites for hydroxylation is 1. The average molecular weight is 344 g/mol. The van der Waals surface area contributed by atoms with Gasteiger partial charge in [0, 0.05) is 25.2 Å². The molecule has 0 radical (unpaired) electrons. The molecule has 2 N–H and O–H groups in total. The summed E-state index contributed by atoms with van der Waals surface area (Å²) in [5, 5.41) is 12.8. The third-order valence-electron chi connectivity index (χ3n) is 4.23. The minimum absolute atomic E-state index is 0.111. The van der Waals surface area contributed by atoms with Crippen molar-refractivity contribution in [2.45, 2.75) is 50.8 Å². The molecule has 4 nitrogen and oxygen atoms in total. The number of anilines is 1. The minimum Gasteiger partial charge on any atom is -0.390 e. The molecule has 0 aromatic heterocycles. The van der Waals surface area contributed by atoms with Gasteiger partial charge in [-0.15, -0.1) is 0 Å². The predicted octanol–water partition coefficient (Wildman–Crippen LogP) is 3.95. The highest BCUT2D eigenvalue weighted by atomic mass is 19.4. The Hall–Kier alpha value is -1.76. The first-order valence-electron chi connectivity index (χ1n) is 8.09. The smallest absolute Gasteiger partial charge is 0.389 e. The highest BCUT2D eigenvalue weighted by Crippen LogP contribution is 2.24. The maximum absolute atomic E-state index is 12.3. The van der Waals surface area contributed by atoms with Crippen molar-refractivity contribution in [1.29, 1.82) is 0 Å². The van der Waals surface area contributed by atoms with E-state index in [-0.39, 0.29) is 12.5 Å². The fraction of sp³-hybridized carbons (Fsp3) is 0.588. The molecule has 134 valence electrons. The third kappa shape index (κ3) is 6.03. The Morgan fingerprint density at radius 2 is 2.08 bits per heavy atom. The third-order valence-corrected chi connectivity index (χ3v) is 4.23. The van der Waals surface area contributed by atoms with Crippen molar-refractivity contribution >= 4 is 11.7 Å². The van der Waals surface area contributed by atoms with Gasteiger partial charge in [0.05, 0.1) is 5.60 Å². The van der Waals surface area contributed by atoms with E-state index in [0.29, 0.717) is 43.6 Å². The lowest BCUT2D eigenvalue weighted by atomic mass is 9.98. The van der Waals surface area contributed by atoms with E-state index in [1.807, 2.05) is 0 Å². The number of hydrogen-bond donors (Lipinski definition) is 2. The molecule has 24 heavy (non-hydrogen) atoms. The highest BCUT2D eigenvalue weighted by molar-refractivity contribution is 5.89. The van der Waals surface area contributed by atoms with Crippen molar-refractivity contribution in [3.63, 3.8) is 0 Å². The molecule has 2 amide bonds. The van der Waals surface area contributed by atoms with Crippen LogP contribution in [0, 0.1) is 0 Å². The fourth-order valence-corrected chi connectivity index (χ4v) is 2.76. The Bertz CT molecular complexity index is 573. The molecule has 1 atom stereocenters. The standard InChI is InChI=1S/C17H23F3N2O2/c1-16(24)7-3-10-22(11-9-16)15(23)21-14-5-2-4-13(12-14)6-8-17(18,19)20/h2,4-5,12,24H,3,6-11H2,1H3,(H,21,23). The Balaban J connectivity index is 1.94. The number of urea groups is 1. The van der Waals surface area contributed by atoms with Crippen molar-refractivity contribution < 1.29 is 23.1 Å². The molecule has 0 aliphatic carbocycles. The van der Waals surface area contributed by atoms with E-state index < -0.39 is 18.2 Å². The second-order valence-electron chi connectivity index (χ2n) is 6.58. The Labute approximate surface area is 139 Å². The number of amides is 2. The van der Waals surface area contributed by atoms with Gasteiger partial charge in [-0.25, -0.2) is 4.79 Å². The lowest BCUT2D eigenvalue weighted by molar-refractivity contribution is -0.134. The molecule has 1 aromatic carbocycles. The molecular weight excluding hydrogens is 321 g/mol. The molecule has 1 aliphatic heterocycles. The second kappa shape index (κ2) is 7.42. The summed E-state index contributed by atoms with van der Waals surface area (Å²) < 4.78 is 36.9. The van der Waals surface area contributed by atoms with Crippen LogP contribution in [0.25, 0.3) is 0 Å². The zero-order valence-corrected chi connectivity index (χ0v) is 13.7. The van der Waals surface area contributed by atoms with Crippen LogP contribution in [0.1, 0.15) is 38.2 Å². The molecule has 7 heteroatoms. The van der Waals surface area contributed by atoms with E-state index in [9.17, 15) is 23.1 Å². The number of carbonyl (C=O) groups is 1. The van der Waals surface area contributed by atoms with Gasteiger partial charge in [0.15, 0.2) is 0 Å². The monoisotopic (exact) mass is 344 g/mol. The number of benzene rings is 1. The van der Waals surface area contributed by atoms with Gasteiger partial charge >= 0.3 is 12.2 Å². The lowest BCUT2D eigenvalue weighted by Gasteiger charge is -2.23. The molecule has 0 spiro atoms. The van der Waals surface area contributed by atoms with Gasteiger partial charge in [0.2, 0.25) is 0 Å². The zero-order chi connectivity index (χ0) is 17.8. The number of nitrogens with zero attached hydrogens (tertiary/aromatic N) is 1. The first kappa shape index (κ1) is 18.6. The van der Waals surface area contributed by atoms with Gasteiger partial charge in [-0.3, -0.25) is 0 Å². The Morgan fingerprint density at radius 3 is 2.79 bits per heavy atom. The average Bonchev–Trinajstić information content (AvgIpc) is 2.66. The summed E-state index contributed by atoms with van der Waals surface area (Å²) in [6.45, 7) is 2.76.